The lowest BCUT2D eigenvalue weighted by Gasteiger charge is -2.20. The number of rotatable bonds is 5. The normalized spacial score (nSPS) is 15.4. The van der Waals surface area contributed by atoms with Gasteiger partial charge < -0.3 is 4.90 Å². The van der Waals surface area contributed by atoms with Gasteiger partial charge in [-0.2, -0.15) is 5.10 Å². The van der Waals surface area contributed by atoms with Crippen LogP contribution in [0.5, 0.6) is 0 Å². The first-order chi connectivity index (χ1) is 12.6. The summed E-state index contributed by atoms with van der Waals surface area (Å²) in [7, 11) is 0. The molecule has 0 unspecified atom stereocenters. The molecule has 0 aliphatic carbocycles. The molecular weight excluding hydrogens is 350 g/mol. The van der Waals surface area contributed by atoms with E-state index in [0.29, 0.717) is 35.0 Å². The summed E-state index contributed by atoms with van der Waals surface area (Å²) in [6, 6.07) is 0. The summed E-state index contributed by atoms with van der Waals surface area (Å²) in [5.41, 5.74) is 1.87. The Kier molecular flexibility index (Phi) is 6.01. The van der Waals surface area contributed by atoms with E-state index in [2.05, 4.69) is 10.1 Å². The van der Waals surface area contributed by atoms with Gasteiger partial charge in [0.15, 0.2) is 10.7 Å². The Morgan fingerprint density at radius 3 is 2.42 bits per heavy atom. The smallest absolute Gasteiger partial charge is 0.280 e. The van der Waals surface area contributed by atoms with Gasteiger partial charge in [0, 0.05) is 26.2 Å². The van der Waals surface area contributed by atoms with E-state index < -0.39 is 0 Å². The van der Waals surface area contributed by atoms with E-state index in [1.54, 1.807) is 9.25 Å². The van der Waals surface area contributed by atoms with Gasteiger partial charge in [0.2, 0.25) is 5.91 Å². The second kappa shape index (κ2) is 8.24. The zero-order chi connectivity index (χ0) is 18.7. The highest BCUT2D eigenvalue weighted by molar-refractivity contribution is 7.99. The summed E-state index contributed by atoms with van der Waals surface area (Å²) in [5.74, 6) is 0.453. The number of aryl methyl sites for hydroxylation is 2. The standard InChI is InChI=1S/C18H27N5O2S/c1-4-22-17(25)16-15(13(3)20-23(16)5-2)19-18(22)26-12-14(24)21-10-8-6-7-9-11-21/h4-12H2,1-3H3. The molecule has 2 aromatic rings. The molecule has 7 nitrogen and oxygen atoms in total. The highest BCUT2D eigenvalue weighted by atomic mass is 32.2. The van der Waals surface area contributed by atoms with Gasteiger partial charge in [-0.15, -0.1) is 0 Å². The maximum atomic E-state index is 12.9. The average Bonchev–Trinajstić information content (AvgIpc) is 2.81. The van der Waals surface area contributed by atoms with Crippen LogP contribution in [0.15, 0.2) is 9.95 Å². The molecule has 0 N–H and O–H groups in total. The van der Waals surface area contributed by atoms with E-state index in [1.165, 1.54) is 24.6 Å². The summed E-state index contributed by atoms with van der Waals surface area (Å²) in [6.07, 6.45) is 4.56. The quantitative estimate of drug-likeness (QED) is 0.591. The van der Waals surface area contributed by atoms with Crippen molar-refractivity contribution in [3.8, 4) is 0 Å². The third-order valence-corrected chi connectivity index (χ3v) is 5.84. The largest absolute Gasteiger partial charge is 0.342 e. The van der Waals surface area contributed by atoms with Crippen molar-refractivity contribution >= 4 is 28.7 Å². The molecule has 8 heteroatoms. The fourth-order valence-corrected chi connectivity index (χ4v) is 4.40. The van der Waals surface area contributed by atoms with Crippen LogP contribution in [0.1, 0.15) is 45.2 Å². The second-order valence-electron chi connectivity index (χ2n) is 6.63. The number of carbonyl (C=O) groups is 1. The van der Waals surface area contributed by atoms with Crippen molar-refractivity contribution < 1.29 is 4.79 Å². The molecule has 0 saturated carbocycles. The van der Waals surface area contributed by atoms with Gasteiger partial charge in [-0.05, 0) is 33.6 Å². The van der Waals surface area contributed by atoms with E-state index >= 15 is 0 Å². The van der Waals surface area contributed by atoms with Gasteiger partial charge in [-0.1, -0.05) is 24.6 Å². The van der Waals surface area contributed by atoms with Gasteiger partial charge in [0.25, 0.3) is 5.56 Å². The van der Waals surface area contributed by atoms with E-state index in [9.17, 15) is 9.59 Å². The third-order valence-electron chi connectivity index (χ3n) is 4.88. The molecular formula is C18H27N5O2S. The van der Waals surface area contributed by atoms with Crippen LogP contribution in [-0.2, 0) is 17.9 Å². The van der Waals surface area contributed by atoms with Gasteiger partial charge in [0.05, 0.1) is 11.4 Å². The maximum absolute atomic E-state index is 12.9. The molecule has 1 aliphatic rings. The highest BCUT2D eigenvalue weighted by Gasteiger charge is 2.20. The molecule has 1 saturated heterocycles. The molecule has 2 aromatic heterocycles. The Morgan fingerprint density at radius 1 is 1.12 bits per heavy atom. The fraction of sp³-hybridized carbons (Fsp3) is 0.667. The van der Waals surface area contributed by atoms with Crippen LogP contribution in [0.2, 0.25) is 0 Å². The van der Waals surface area contributed by atoms with Crippen molar-refractivity contribution in [3.05, 3.63) is 16.0 Å². The first-order valence-electron chi connectivity index (χ1n) is 9.45. The zero-order valence-electron chi connectivity index (χ0n) is 15.8. The summed E-state index contributed by atoms with van der Waals surface area (Å²) in [4.78, 5) is 32.1. The average molecular weight is 378 g/mol. The van der Waals surface area contributed by atoms with Crippen molar-refractivity contribution in [2.24, 2.45) is 0 Å². The van der Waals surface area contributed by atoms with Crippen molar-refractivity contribution in [1.29, 1.82) is 0 Å². The fourth-order valence-electron chi connectivity index (χ4n) is 3.44. The Labute approximate surface area is 157 Å². The van der Waals surface area contributed by atoms with Crippen molar-refractivity contribution in [2.45, 2.75) is 64.7 Å². The maximum Gasteiger partial charge on any atom is 0.280 e. The van der Waals surface area contributed by atoms with Crippen LogP contribution in [0.25, 0.3) is 11.0 Å². The third kappa shape index (κ3) is 3.65. The topological polar surface area (TPSA) is 73.0 Å². The monoisotopic (exact) mass is 377 g/mol. The number of thioether (sulfide) groups is 1. The van der Waals surface area contributed by atoms with E-state index in [4.69, 9.17) is 0 Å². The molecule has 0 spiro atoms. The molecule has 142 valence electrons. The number of amides is 1. The van der Waals surface area contributed by atoms with Gasteiger partial charge in [-0.3, -0.25) is 18.8 Å². The van der Waals surface area contributed by atoms with Crippen LogP contribution < -0.4 is 5.56 Å². The molecule has 0 atom stereocenters. The number of hydrogen-bond acceptors (Lipinski definition) is 5. The summed E-state index contributed by atoms with van der Waals surface area (Å²) in [5, 5.41) is 5.02. The lowest BCUT2D eigenvalue weighted by molar-refractivity contribution is -0.128. The predicted molar refractivity (Wildman–Crippen MR) is 104 cm³/mol. The Balaban J connectivity index is 1.86. The van der Waals surface area contributed by atoms with Crippen molar-refractivity contribution in [1.82, 2.24) is 24.2 Å². The Hall–Kier alpha value is -1.83. The highest BCUT2D eigenvalue weighted by Crippen LogP contribution is 2.21. The zero-order valence-corrected chi connectivity index (χ0v) is 16.6. The summed E-state index contributed by atoms with van der Waals surface area (Å²) >= 11 is 1.36. The number of hydrogen-bond donors (Lipinski definition) is 0. The minimum atomic E-state index is -0.0790. The van der Waals surface area contributed by atoms with E-state index in [0.717, 1.165) is 31.6 Å². The van der Waals surface area contributed by atoms with Gasteiger partial charge in [0.1, 0.15) is 5.52 Å². The van der Waals surface area contributed by atoms with Gasteiger partial charge in [-0.25, -0.2) is 4.98 Å². The number of aromatic nitrogens is 4. The van der Waals surface area contributed by atoms with E-state index in [-0.39, 0.29) is 11.5 Å². The predicted octanol–water partition coefficient (Wildman–Crippen LogP) is 2.44. The van der Waals surface area contributed by atoms with Gasteiger partial charge >= 0.3 is 0 Å². The summed E-state index contributed by atoms with van der Waals surface area (Å²) in [6.45, 7) is 8.60. The van der Waals surface area contributed by atoms with Crippen LogP contribution in [-0.4, -0.2) is 49.0 Å². The molecule has 1 fully saturated rings. The Bertz CT molecular complexity index is 849. The molecule has 0 aromatic carbocycles. The van der Waals surface area contributed by atoms with Crippen LogP contribution in [0.3, 0.4) is 0 Å². The SMILES string of the molecule is CCn1c(SCC(=O)N2CCCCCC2)nc2c(C)nn(CC)c2c1=O. The molecule has 0 bridgehead atoms. The number of carbonyl (C=O) groups excluding carboxylic acids is 1. The second-order valence-corrected chi connectivity index (χ2v) is 7.57. The lowest BCUT2D eigenvalue weighted by Crippen LogP contribution is -2.33. The molecule has 1 aliphatic heterocycles. The lowest BCUT2D eigenvalue weighted by atomic mass is 10.2. The number of nitrogens with zero attached hydrogens (tertiary/aromatic N) is 5. The Morgan fingerprint density at radius 2 is 1.81 bits per heavy atom. The molecule has 0 radical (unpaired) electrons. The minimum Gasteiger partial charge on any atom is -0.342 e. The molecule has 26 heavy (non-hydrogen) atoms. The molecule has 3 rings (SSSR count). The number of fused-ring (bicyclic) bond motifs is 1. The van der Waals surface area contributed by atoms with E-state index in [1.807, 2.05) is 25.7 Å². The van der Waals surface area contributed by atoms with Crippen LogP contribution in [0.4, 0.5) is 0 Å². The van der Waals surface area contributed by atoms with Crippen LogP contribution in [0, 0.1) is 6.92 Å². The minimum absolute atomic E-state index is 0.0790. The number of likely N-dealkylation sites (tertiary alicyclic amines) is 1. The van der Waals surface area contributed by atoms with Crippen LogP contribution >= 0.6 is 11.8 Å². The first kappa shape index (κ1) is 18.9. The molecule has 1 amide bonds. The first-order valence-corrected chi connectivity index (χ1v) is 10.4. The van der Waals surface area contributed by atoms with Crippen molar-refractivity contribution in [2.75, 3.05) is 18.8 Å². The molecule has 3 heterocycles. The summed E-state index contributed by atoms with van der Waals surface area (Å²) < 4.78 is 3.36. The van der Waals surface area contributed by atoms with Crippen molar-refractivity contribution in [3.63, 3.8) is 0 Å².